The van der Waals surface area contributed by atoms with Gasteiger partial charge in [-0.3, -0.25) is 4.90 Å². The maximum Gasteiger partial charge on any atom is 0.490 e. The van der Waals surface area contributed by atoms with Crippen molar-refractivity contribution in [2.24, 2.45) is 0 Å². The van der Waals surface area contributed by atoms with Crippen molar-refractivity contribution in [3.63, 3.8) is 0 Å². The van der Waals surface area contributed by atoms with Crippen molar-refractivity contribution in [1.82, 2.24) is 14.9 Å². The Morgan fingerprint density at radius 3 is 2.09 bits per heavy atom. The average Bonchev–Trinajstić information content (AvgIpc) is 3.24. The Balaban J connectivity index is 0.000000362. The third-order valence-corrected chi connectivity index (χ3v) is 4.64. The first kappa shape index (κ1) is 29.9. The van der Waals surface area contributed by atoms with Crippen LogP contribution in [0.3, 0.4) is 0 Å². The molecule has 0 spiro atoms. The Labute approximate surface area is 196 Å². The van der Waals surface area contributed by atoms with E-state index in [2.05, 4.69) is 27.0 Å². The monoisotopic (exact) mass is 513 g/mol. The topological polar surface area (TPSA) is 116 Å². The Morgan fingerprint density at radius 1 is 1.06 bits per heavy atom. The number of aromatic nitrogens is 2. The number of benzene rings is 1. The highest BCUT2D eigenvalue weighted by Gasteiger charge is 2.38. The maximum atomic E-state index is 10.6. The summed E-state index contributed by atoms with van der Waals surface area (Å²) >= 11 is 0. The maximum absolute atomic E-state index is 10.6. The summed E-state index contributed by atoms with van der Waals surface area (Å²) in [6, 6.07) is 10.8. The number of carbonyl (C=O) groups is 2. The highest BCUT2D eigenvalue weighted by atomic mass is 19.4. The first-order valence-electron chi connectivity index (χ1n) is 10.2. The van der Waals surface area contributed by atoms with E-state index < -0.39 is 24.3 Å². The zero-order chi connectivity index (χ0) is 26.6. The van der Waals surface area contributed by atoms with E-state index in [4.69, 9.17) is 24.5 Å². The molecule has 1 unspecified atom stereocenters. The minimum atomic E-state index is -5.08. The highest BCUT2D eigenvalue weighted by molar-refractivity contribution is 5.73. The van der Waals surface area contributed by atoms with Crippen LogP contribution in [0.15, 0.2) is 36.5 Å². The van der Waals surface area contributed by atoms with Crippen LogP contribution in [-0.4, -0.2) is 75.7 Å². The number of carboxylic acids is 2. The van der Waals surface area contributed by atoms with Crippen molar-refractivity contribution in [2.45, 2.75) is 44.2 Å². The molecule has 0 bridgehead atoms. The number of hydrogen-bond acceptors (Lipinski definition) is 5. The summed E-state index contributed by atoms with van der Waals surface area (Å²) < 4.78 is 68.8. The smallest absolute Gasteiger partial charge is 0.475 e. The fraction of sp³-hybridized carbons (Fsp3) is 0.476. The molecule has 1 aliphatic heterocycles. The average molecular weight is 513 g/mol. The molecule has 1 atom stereocenters. The summed E-state index contributed by atoms with van der Waals surface area (Å²) in [7, 11) is 1.79. The van der Waals surface area contributed by atoms with Gasteiger partial charge in [-0.25, -0.2) is 14.6 Å². The zero-order valence-corrected chi connectivity index (χ0v) is 18.6. The first-order valence-corrected chi connectivity index (χ1v) is 10.2. The van der Waals surface area contributed by atoms with Gasteiger partial charge in [-0.15, -0.1) is 0 Å². The van der Waals surface area contributed by atoms with Crippen LogP contribution >= 0.6 is 0 Å². The number of piperidine rings is 1. The number of carboxylic acid groups (broad SMARTS) is 2. The molecule has 35 heavy (non-hydrogen) atoms. The summed E-state index contributed by atoms with van der Waals surface area (Å²) in [5.41, 5.74) is 2.31. The molecule has 1 aromatic heterocycles. The number of methoxy groups -OCH3 is 1. The fourth-order valence-electron chi connectivity index (χ4n) is 3.05. The molecule has 1 fully saturated rings. The van der Waals surface area contributed by atoms with Crippen LogP contribution in [0.25, 0.3) is 11.4 Å². The van der Waals surface area contributed by atoms with Gasteiger partial charge in [0.05, 0.1) is 6.61 Å². The summed E-state index contributed by atoms with van der Waals surface area (Å²) in [5, 5.41) is 14.2. The minimum absolute atomic E-state index is 0.534. The number of aromatic amines is 1. The Hall–Kier alpha value is -3.13. The number of aliphatic carboxylic acids is 2. The van der Waals surface area contributed by atoms with Crippen molar-refractivity contribution in [3.05, 3.63) is 42.2 Å². The lowest BCUT2D eigenvalue weighted by Gasteiger charge is -2.34. The van der Waals surface area contributed by atoms with Gasteiger partial charge < -0.3 is 19.9 Å². The van der Waals surface area contributed by atoms with Crippen LogP contribution < -0.4 is 0 Å². The van der Waals surface area contributed by atoms with E-state index in [1.165, 1.54) is 25.0 Å². The number of rotatable bonds is 5. The van der Waals surface area contributed by atoms with Crippen LogP contribution in [0.4, 0.5) is 26.3 Å². The fourth-order valence-corrected chi connectivity index (χ4v) is 3.05. The minimum Gasteiger partial charge on any atom is -0.475 e. The van der Waals surface area contributed by atoms with Gasteiger partial charge in [0, 0.05) is 37.2 Å². The van der Waals surface area contributed by atoms with Crippen molar-refractivity contribution < 1.29 is 50.9 Å². The number of likely N-dealkylation sites (tertiary alicyclic amines) is 1. The largest absolute Gasteiger partial charge is 0.490 e. The van der Waals surface area contributed by atoms with Gasteiger partial charge >= 0.3 is 24.3 Å². The molecular formula is C21H25F6N3O5. The van der Waals surface area contributed by atoms with Crippen LogP contribution in [0.2, 0.25) is 0 Å². The second-order valence-electron chi connectivity index (χ2n) is 7.30. The molecule has 3 N–H and O–H groups in total. The van der Waals surface area contributed by atoms with Gasteiger partial charge in [0.1, 0.15) is 5.82 Å². The number of nitrogens with zero attached hydrogens (tertiary/aromatic N) is 2. The number of H-pyrrole nitrogens is 1. The molecule has 2 heterocycles. The molecular weight excluding hydrogens is 488 g/mol. The van der Waals surface area contributed by atoms with Crippen molar-refractivity contribution in [3.8, 4) is 11.4 Å². The molecule has 0 saturated carbocycles. The van der Waals surface area contributed by atoms with Gasteiger partial charge in [0.15, 0.2) is 0 Å². The lowest BCUT2D eigenvalue weighted by Crippen LogP contribution is -2.41. The van der Waals surface area contributed by atoms with E-state index in [0.29, 0.717) is 6.04 Å². The predicted octanol–water partition coefficient (Wildman–Crippen LogP) is 4.34. The molecule has 14 heteroatoms. The lowest BCUT2D eigenvalue weighted by atomic mass is 10.0. The summed E-state index contributed by atoms with van der Waals surface area (Å²) in [5.74, 6) is -4.56. The standard InChI is InChI=1S/C17H23N3O.2C2HF3O2/c1-21-13-16-9-5-6-10-20(16)12-15-11-18-17(19-15)14-7-3-2-4-8-14;2*3-2(4,5)1(6)7/h2-4,7-8,11,16H,5-6,9-10,12-13H2,1H3,(H,18,19);2*(H,6,7). The summed E-state index contributed by atoms with van der Waals surface area (Å²) in [4.78, 5) is 28.3. The molecule has 196 valence electrons. The van der Waals surface area contributed by atoms with Gasteiger partial charge in [-0.05, 0) is 19.4 Å². The Bertz CT molecular complexity index is 892. The first-order chi connectivity index (χ1) is 16.3. The van der Waals surface area contributed by atoms with E-state index in [-0.39, 0.29) is 0 Å². The molecule has 0 aliphatic carbocycles. The lowest BCUT2D eigenvalue weighted by molar-refractivity contribution is -0.193. The molecule has 0 radical (unpaired) electrons. The number of alkyl halides is 6. The number of ether oxygens (including phenoxy) is 1. The Morgan fingerprint density at radius 2 is 1.60 bits per heavy atom. The van der Waals surface area contributed by atoms with Gasteiger partial charge in [0.2, 0.25) is 0 Å². The summed E-state index contributed by atoms with van der Waals surface area (Å²) in [6.07, 6.45) is -4.39. The van der Waals surface area contributed by atoms with Crippen molar-refractivity contribution in [1.29, 1.82) is 0 Å². The van der Waals surface area contributed by atoms with Crippen LogP contribution in [-0.2, 0) is 20.9 Å². The molecule has 1 aliphatic rings. The molecule has 1 saturated heterocycles. The highest BCUT2D eigenvalue weighted by Crippen LogP contribution is 2.21. The third kappa shape index (κ3) is 11.2. The van der Waals surface area contributed by atoms with E-state index in [0.717, 1.165) is 31.1 Å². The predicted molar refractivity (Wildman–Crippen MR) is 111 cm³/mol. The van der Waals surface area contributed by atoms with Crippen LogP contribution in [0.1, 0.15) is 25.0 Å². The molecule has 8 nitrogen and oxygen atoms in total. The SMILES string of the molecule is COCC1CCCCN1Cc1cnc(-c2ccccc2)[nH]1.O=C(O)C(F)(F)F.O=C(O)C(F)(F)F. The van der Waals surface area contributed by atoms with Gasteiger partial charge in [0.25, 0.3) is 0 Å². The molecule has 1 aromatic carbocycles. The Kier molecular flexibility index (Phi) is 11.7. The van der Waals surface area contributed by atoms with Crippen LogP contribution in [0.5, 0.6) is 0 Å². The zero-order valence-electron chi connectivity index (χ0n) is 18.6. The van der Waals surface area contributed by atoms with Crippen molar-refractivity contribution in [2.75, 3.05) is 20.3 Å². The molecule has 0 amide bonds. The number of nitrogens with one attached hydrogen (secondary N) is 1. The number of hydrogen-bond donors (Lipinski definition) is 3. The van der Waals surface area contributed by atoms with E-state index in [9.17, 15) is 26.3 Å². The van der Waals surface area contributed by atoms with Crippen LogP contribution in [0, 0.1) is 0 Å². The summed E-state index contributed by atoms with van der Waals surface area (Å²) in [6.45, 7) is 2.89. The number of imidazole rings is 1. The van der Waals surface area contributed by atoms with Gasteiger partial charge in [-0.2, -0.15) is 26.3 Å². The second-order valence-corrected chi connectivity index (χ2v) is 7.30. The molecule has 3 rings (SSSR count). The van der Waals surface area contributed by atoms with E-state index >= 15 is 0 Å². The van der Waals surface area contributed by atoms with E-state index in [1.54, 1.807) is 7.11 Å². The normalized spacial score (nSPS) is 16.4. The van der Waals surface area contributed by atoms with Crippen molar-refractivity contribution >= 4 is 11.9 Å². The quantitative estimate of drug-likeness (QED) is 0.510. The van der Waals surface area contributed by atoms with E-state index in [1.807, 2.05) is 24.4 Å². The second kappa shape index (κ2) is 13.7. The van der Waals surface area contributed by atoms with Gasteiger partial charge in [-0.1, -0.05) is 36.8 Å². The number of halogens is 6. The molecule has 2 aromatic rings. The third-order valence-electron chi connectivity index (χ3n) is 4.64.